The molecular weight excluding hydrogens is 424 g/mol. The molecule has 0 saturated carbocycles. The van der Waals surface area contributed by atoms with E-state index in [1.54, 1.807) is 0 Å². The molecule has 2 atom stereocenters. The monoisotopic (exact) mass is 464 g/mol. The first kappa shape index (κ1) is 24.9. The van der Waals surface area contributed by atoms with Crippen molar-refractivity contribution < 1.29 is 0 Å². The molecule has 0 aliphatic heterocycles. The van der Waals surface area contributed by atoms with Gasteiger partial charge in [0.2, 0.25) is 0 Å². The lowest BCUT2D eigenvalue weighted by Crippen LogP contribution is -2.33. The molecule has 182 valence electrons. The van der Waals surface area contributed by atoms with Crippen LogP contribution in [0.2, 0.25) is 0 Å². The van der Waals surface area contributed by atoms with Crippen LogP contribution in [0, 0.1) is 0 Å². The molecule has 0 amide bonds. The third-order valence-corrected chi connectivity index (χ3v) is 7.53. The lowest BCUT2D eigenvalue weighted by atomic mass is 9.62. The topological polar surface area (TPSA) is 15.3 Å². The van der Waals surface area contributed by atoms with Crippen molar-refractivity contribution in [2.24, 2.45) is 0 Å². The molecular formula is C33H40N2. The molecule has 0 bridgehead atoms. The van der Waals surface area contributed by atoms with E-state index in [2.05, 4.69) is 135 Å². The molecule has 1 N–H and O–H groups in total. The van der Waals surface area contributed by atoms with Crippen LogP contribution in [0.1, 0.15) is 63.1 Å². The van der Waals surface area contributed by atoms with Crippen LogP contribution in [0.15, 0.2) is 103 Å². The quantitative estimate of drug-likeness (QED) is 0.324. The van der Waals surface area contributed by atoms with Gasteiger partial charge in [-0.05, 0) is 80.1 Å². The second kappa shape index (κ2) is 11.4. The summed E-state index contributed by atoms with van der Waals surface area (Å²) in [6.45, 7) is 12.0. The fourth-order valence-corrected chi connectivity index (χ4v) is 5.60. The molecule has 0 heterocycles. The predicted molar refractivity (Wildman–Crippen MR) is 153 cm³/mol. The molecule has 2 heteroatoms. The second-order valence-electron chi connectivity index (χ2n) is 9.56. The summed E-state index contributed by atoms with van der Waals surface area (Å²) in [5.74, 6) is 0.213. The summed E-state index contributed by atoms with van der Waals surface area (Å²) >= 11 is 0. The van der Waals surface area contributed by atoms with E-state index in [9.17, 15) is 0 Å². The van der Waals surface area contributed by atoms with Crippen molar-refractivity contribution >= 4 is 11.4 Å². The highest BCUT2D eigenvalue weighted by atomic mass is 15.1. The molecule has 1 aliphatic carbocycles. The van der Waals surface area contributed by atoms with Crippen LogP contribution in [0.25, 0.3) is 0 Å². The van der Waals surface area contributed by atoms with Crippen molar-refractivity contribution in [3.8, 4) is 0 Å². The predicted octanol–water partition coefficient (Wildman–Crippen LogP) is 8.33. The molecule has 35 heavy (non-hydrogen) atoms. The number of anilines is 2. The highest BCUT2D eigenvalue weighted by molar-refractivity contribution is 5.56. The van der Waals surface area contributed by atoms with Crippen molar-refractivity contribution in [2.45, 2.75) is 51.9 Å². The van der Waals surface area contributed by atoms with E-state index >= 15 is 0 Å². The summed E-state index contributed by atoms with van der Waals surface area (Å²) in [7, 11) is 0. The molecule has 4 rings (SSSR count). The minimum Gasteiger partial charge on any atom is -0.385 e. The zero-order chi connectivity index (χ0) is 24.7. The lowest BCUT2D eigenvalue weighted by molar-refractivity contribution is 0.495. The molecule has 0 radical (unpaired) electrons. The number of hydrogen-bond acceptors (Lipinski definition) is 2. The summed E-state index contributed by atoms with van der Waals surface area (Å²) in [5.41, 5.74) is 7.67. The van der Waals surface area contributed by atoms with E-state index in [-0.39, 0.29) is 11.3 Å². The number of allylic oxidation sites excluding steroid dienone is 4. The summed E-state index contributed by atoms with van der Waals surface area (Å²) in [6, 6.07) is 29.5. The Hall–Kier alpha value is -3.26. The first-order valence-corrected chi connectivity index (χ1v) is 13.2. The van der Waals surface area contributed by atoms with Crippen molar-refractivity contribution in [3.63, 3.8) is 0 Å². The number of hydrogen-bond donors (Lipinski definition) is 1. The third-order valence-electron chi connectivity index (χ3n) is 7.53. The van der Waals surface area contributed by atoms with Gasteiger partial charge in [0.25, 0.3) is 0 Å². The fraction of sp³-hybridized carbons (Fsp3) is 0.333. The highest BCUT2D eigenvalue weighted by Gasteiger charge is 2.40. The normalized spacial score (nSPS) is 15.7. The smallest absolute Gasteiger partial charge is 0.0366 e. The average Bonchev–Trinajstić information content (AvgIpc) is 2.92. The van der Waals surface area contributed by atoms with Crippen molar-refractivity contribution in [3.05, 3.63) is 119 Å². The van der Waals surface area contributed by atoms with Gasteiger partial charge in [0.15, 0.2) is 0 Å². The summed E-state index contributed by atoms with van der Waals surface area (Å²) in [4.78, 5) is 2.41. The van der Waals surface area contributed by atoms with Crippen LogP contribution >= 0.6 is 0 Å². The fourth-order valence-electron chi connectivity index (χ4n) is 5.60. The minimum absolute atomic E-state index is 0.213. The Kier molecular flexibility index (Phi) is 8.13. The molecule has 0 saturated heterocycles. The van der Waals surface area contributed by atoms with E-state index in [1.165, 1.54) is 33.6 Å². The molecule has 1 aliphatic rings. The van der Waals surface area contributed by atoms with Crippen LogP contribution in [0.5, 0.6) is 0 Å². The molecule has 2 nitrogen and oxygen atoms in total. The summed E-state index contributed by atoms with van der Waals surface area (Å²) in [5, 5.41) is 3.45. The highest BCUT2D eigenvalue weighted by Crippen LogP contribution is 2.49. The molecule has 3 aromatic carbocycles. The van der Waals surface area contributed by atoms with E-state index in [4.69, 9.17) is 0 Å². The Morgan fingerprint density at radius 2 is 1.43 bits per heavy atom. The molecule has 2 unspecified atom stereocenters. The van der Waals surface area contributed by atoms with Crippen molar-refractivity contribution in [1.82, 2.24) is 0 Å². The Balaban J connectivity index is 1.90. The first-order valence-electron chi connectivity index (χ1n) is 13.2. The van der Waals surface area contributed by atoms with Crippen LogP contribution < -0.4 is 10.2 Å². The van der Waals surface area contributed by atoms with Crippen molar-refractivity contribution in [2.75, 3.05) is 29.9 Å². The largest absolute Gasteiger partial charge is 0.385 e. The summed E-state index contributed by atoms with van der Waals surface area (Å²) < 4.78 is 0. The molecule has 3 aromatic rings. The van der Waals surface area contributed by atoms with Crippen LogP contribution in [0.3, 0.4) is 0 Å². The maximum Gasteiger partial charge on any atom is 0.0366 e. The van der Waals surface area contributed by atoms with Crippen LogP contribution in [-0.4, -0.2) is 19.6 Å². The van der Waals surface area contributed by atoms with Gasteiger partial charge in [-0.1, -0.05) is 79.7 Å². The van der Waals surface area contributed by atoms with Gasteiger partial charge in [-0.25, -0.2) is 0 Å². The van der Waals surface area contributed by atoms with Gasteiger partial charge >= 0.3 is 0 Å². The van der Waals surface area contributed by atoms with Crippen LogP contribution in [-0.2, 0) is 5.41 Å². The Labute approximate surface area is 212 Å². The maximum atomic E-state index is 3.45. The molecule has 0 spiro atoms. The SMILES string of the molecule is CCNc1ccc(C(C)(c2ccc(N(CC)CC)cc2)C(C2=CCCC=C2)c2ccccc2)cc1. The Morgan fingerprint density at radius 1 is 0.800 bits per heavy atom. The second-order valence-corrected chi connectivity index (χ2v) is 9.56. The van der Waals surface area contributed by atoms with Gasteiger partial charge < -0.3 is 10.2 Å². The van der Waals surface area contributed by atoms with Gasteiger partial charge in [0, 0.05) is 42.3 Å². The zero-order valence-corrected chi connectivity index (χ0v) is 21.8. The Bertz CT molecular complexity index is 1120. The zero-order valence-electron chi connectivity index (χ0n) is 21.8. The summed E-state index contributed by atoms with van der Waals surface area (Å²) in [6.07, 6.45) is 9.37. The average molecular weight is 465 g/mol. The van der Waals surface area contributed by atoms with E-state index < -0.39 is 0 Å². The lowest BCUT2D eigenvalue weighted by Gasteiger charge is -2.41. The molecule has 0 fully saturated rings. The maximum absolute atomic E-state index is 3.45. The number of rotatable bonds is 10. The van der Waals surface area contributed by atoms with E-state index in [0.717, 1.165) is 32.5 Å². The van der Waals surface area contributed by atoms with Gasteiger partial charge in [0.05, 0.1) is 0 Å². The third kappa shape index (κ3) is 5.22. The van der Waals surface area contributed by atoms with Gasteiger partial charge in [-0.2, -0.15) is 0 Å². The Morgan fingerprint density at radius 3 is 1.97 bits per heavy atom. The number of nitrogens with one attached hydrogen (secondary N) is 1. The van der Waals surface area contributed by atoms with Crippen molar-refractivity contribution in [1.29, 1.82) is 0 Å². The standard InChI is InChI=1S/C33H40N2/c1-5-34-30-22-18-28(19-23-30)33(4,29-20-24-31(25-21-29)35(6-2)7-3)32(26-14-10-8-11-15-26)27-16-12-9-13-17-27/h8,10-12,14-25,32,34H,5-7,9,13H2,1-4H3. The van der Waals surface area contributed by atoms with E-state index in [1.807, 2.05) is 0 Å². The number of nitrogens with zero attached hydrogens (tertiary/aromatic N) is 1. The van der Waals surface area contributed by atoms with Gasteiger partial charge in [-0.3, -0.25) is 0 Å². The first-order chi connectivity index (χ1) is 17.1. The number of benzene rings is 3. The van der Waals surface area contributed by atoms with Gasteiger partial charge in [0.1, 0.15) is 0 Å². The van der Waals surface area contributed by atoms with Crippen LogP contribution in [0.4, 0.5) is 11.4 Å². The molecule has 0 aromatic heterocycles. The minimum atomic E-state index is -0.235. The van der Waals surface area contributed by atoms with E-state index in [0.29, 0.717) is 0 Å². The van der Waals surface area contributed by atoms with Gasteiger partial charge in [-0.15, -0.1) is 0 Å².